The molecule has 0 aliphatic carbocycles. The fraction of sp³-hybridized carbons (Fsp3) is 0.235. The van der Waals surface area contributed by atoms with Crippen molar-refractivity contribution < 1.29 is 9.30 Å². The molecule has 0 spiro atoms. The number of nitrogens with zero attached hydrogens (tertiary/aromatic N) is 2. The van der Waals surface area contributed by atoms with Gasteiger partial charge in [-0.15, -0.1) is 0 Å². The minimum atomic E-state index is 0.466. The average molecular weight is 351 g/mol. The lowest BCUT2D eigenvalue weighted by Gasteiger charge is -2.08. The summed E-state index contributed by atoms with van der Waals surface area (Å²) < 4.78 is 9.91. The van der Waals surface area contributed by atoms with E-state index in [9.17, 15) is 0 Å². The molecule has 0 atom stereocenters. The van der Waals surface area contributed by atoms with Crippen molar-refractivity contribution in [3.05, 3.63) is 52.5 Å². The van der Waals surface area contributed by atoms with Crippen molar-refractivity contribution in [1.82, 2.24) is 4.57 Å². The Morgan fingerprint density at radius 2 is 1.96 bits per heavy atom. The summed E-state index contributed by atoms with van der Waals surface area (Å²) in [5, 5.41) is 1.10. The van der Waals surface area contributed by atoms with Crippen LogP contribution < -0.4 is 15.0 Å². The van der Waals surface area contributed by atoms with Gasteiger partial charge in [-0.1, -0.05) is 35.3 Å². The maximum absolute atomic E-state index is 6.28. The van der Waals surface area contributed by atoms with Crippen molar-refractivity contribution >= 4 is 40.2 Å². The van der Waals surface area contributed by atoms with Crippen LogP contribution in [-0.4, -0.2) is 11.2 Å². The molecule has 0 bridgehead atoms. The van der Waals surface area contributed by atoms with Crippen LogP contribution in [0.15, 0.2) is 42.5 Å². The number of imidazole rings is 1. The molecule has 0 saturated carbocycles. The van der Waals surface area contributed by atoms with Crippen molar-refractivity contribution in [2.45, 2.75) is 20.0 Å². The van der Waals surface area contributed by atoms with E-state index in [1.807, 2.05) is 12.1 Å². The fourth-order valence-corrected chi connectivity index (χ4v) is 3.18. The van der Waals surface area contributed by atoms with E-state index in [0.29, 0.717) is 28.9 Å². The molecule has 0 fully saturated rings. The first kappa shape index (κ1) is 16.0. The fourth-order valence-electron chi connectivity index (χ4n) is 2.72. The van der Waals surface area contributed by atoms with E-state index < -0.39 is 0 Å². The lowest BCUT2D eigenvalue weighted by molar-refractivity contribution is -0.658. The van der Waals surface area contributed by atoms with E-state index in [0.717, 1.165) is 23.5 Å². The summed E-state index contributed by atoms with van der Waals surface area (Å²) in [5.74, 6) is 1.34. The van der Waals surface area contributed by atoms with Crippen LogP contribution in [0.2, 0.25) is 10.0 Å². The van der Waals surface area contributed by atoms with Crippen molar-refractivity contribution in [3.63, 3.8) is 0 Å². The lowest BCUT2D eigenvalue weighted by Crippen LogP contribution is -2.39. The predicted octanol–water partition coefficient (Wildman–Crippen LogP) is 3.92. The smallest absolute Gasteiger partial charge is 0.356 e. The number of fused-ring (bicyclic) bond motifs is 1. The number of anilines is 1. The molecule has 0 saturated heterocycles. The molecule has 0 amide bonds. The predicted molar refractivity (Wildman–Crippen MR) is 94.2 cm³/mol. The number of aryl methyl sites for hydroxylation is 1. The van der Waals surface area contributed by atoms with E-state index in [2.05, 4.69) is 28.2 Å². The third kappa shape index (κ3) is 3.09. The van der Waals surface area contributed by atoms with E-state index >= 15 is 0 Å². The van der Waals surface area contributed by atoms with Gasteiger partial charge in [0, 0.05) is 5.02 Å². The number of halogens is 2. The van der Waals surface area contributed by atoms with Crippen LogP contribution in [0.1, 0.15) is 6.92 Å². The van der Waals surface area contributed by atoms with E-state index in [-0.39, 0.29) is 0 Å². The zero-order valence-corrected chi connectivity index (χ0v) is 14.3. The number of aromatic nitrogens is 2. The van der Waals surface area contributed by atoms with Gasteiger partial charge in [0.05, 0.1) is 11.6 Å². The van der Waals surface area contributed by atoms with Crippen LogP contribution in [0.4, 0.5) is 5.95 Å². The summed E-state index contributed by atoms with van der Waals surface area (Å²) in [6.45, 7) is 4.01. The first-order chi connectivity index (χ1) is 11.1. The summed E-state index contributed by atoms with van der Waals surface area (Å²) in [4.78, 5) is 0. The molecule has 4 nitrogen and oxygen atoms in total. The Bertz CT molecular complexity index is 845. The second-order valence-corrected chi connectivity index (χ2v) is 6.01. The first-order valence-electron chi connectivity index (χ1n) is 7.46. The molecule has 2 N–H and O–H groups in total. The van der Waals surface area contributed by atoms with Gasteiger partial charge >= 0.3 is 5.95 Å². The standard InChI is InChI=1S/C17H17Cl2N3O/c1-2-21-14-5-3-4-6-15(14)22(17(21)20)9-10-23-16-8-7-12(18)11-13(16)19/h3-8,11,20H,2,9-10H2,1H3/p+1. The number of benzene rings is 2. The van der Waals surface area contributed by atoms with Crippen LogP contribution in [0, 0.1) is 0 Å². The highest BCUT2D eigenvalue weighted by Crippen LogP contribution is 2.27. The van der Waals surface area contributed by atoms with E-state index in [1.165, 1.54) is 0 Å². The molecule has 6 heteroatoms. The number of nitrogens with two attached hydrogens (primary N) is 1. The molecule has 3 rings (SSSR count). The molecule has 0 unspecified atom stereocenters. The SMILES string of the molecule is CCn1c(N)[n+](CCOc2ccc(Cl)cc2Cl)c2ccccc21. The maximum Gasteiger partial charge on any atom is 0.356 e. The van der Waals surface area contributed by atoms with Gasteiger partial charge in [0.15, 0.2) is 0 Å². The number of para-hydroxylation sites is 2. The summed E-state index contributed by atoms with van der Waals surface area (Å²) in [5.41, 5.74) is 8.50. The van der Waals surface area contributed by atoms with Gasteiger partial charge in [0.25, 0.3) is 0 Å². The highest BCUT2D eigenvalue weighted by atomic mass is 35.5. The second-order valence-electron chi connectivity index (χ2n) is 5.17. The Labute approximate surface area is 145 Å². The van der Waals surface area contributed by atoms with E-state index in [1.54, 1.807) is 18.2 Å². The molecule has 0 radical (unpaired) electrons. The van der Waals surface area contributed by atoms with Gasteiger partial charge < -0.3 is 4.74 Å². The van der Waals surface area contributed by atoms with Gasteiger partial charge in [0.2, 0.25) is 0 Å². The molecule has 1 aromatic heterocycles. The van der Waals surface area contributed by atoms with Gasteiger partial charge in [-0.2, -0.15) is 0 Å². The molecule has 2 aromatic carbocycles. The second kappa shape index (κ2) is 6.69. The largest absolute Gasteiger partial charge is 0.489 e. The van der Waals surface area contributed by atoms with Crippen LogP contribution in [0.25, 0.3) is 11.0 Å². The molecule has 1 heterocycles. The Morgan fingerprint density at radius 1 is 1.17 bits per heavy atom. The molecule has 0 aliphatic heterocycles. The van der Waals surface area contributed by atoms with Crippen molar-refractivity contribution in [2.24, 2.45) is 0 Å². The Kier molecular flexibility index (Phi) is 4.64. The Morgan fingerprint density at radius 3 is 2.70 bits per heavy atom. The van der Waals surface area contributed by atoms with Gasteiger partial charge in [-0.05, 0) is 37.3 Å². The van der Waals surface area contributed by atoms with Gasteiger partial charge in [-0.25, -0.2) is 9.13 Å². The molecule has 0 aliphatic rings. The van der Waals surface area contributed by atoms with Gasteiger partial charge in [0.1, 0.15) is 29.9 Å². The minimum absolute atomic E-state index is 0.466. The van der Waals surface area contributed by atoms with Crippen LogP contribution in [0.3, 0.4) is 0 Å². The summed E-state index contributed by atoms with van der Waals surface area (Å²) in [6.07, 6.45) is 0. The van der Waals surface area contributed by atoms with Gasteiger partial charge in [-0.3, -0.25) is 5.73 Å². The number of hydrogen-bond donors (Lipinski definition) is 1. The Balaban J connectivity index is 1.81. The molecule has 120 valence electrons. The summed E-state index contributed by atoms with van der Waals surface area (Å²) >= 11 is 12.0. The number of ether oxygens (including phenoxy) is 1. The average Bonchev–Trinajstić information content (AvgIpc) is 2.81. The maximum atomic E-state index is 6.28. The number of hydrogen-bond acceptors (Lipinski definition) is 2. The normalized spacial score (nSPS) is 11.1. The summed E-state index contributed by atoms with van der Waals surface area (Å²) in [6, 6.07) is 13.4. The van der Waals surface area contributed by atoms with Crippen molar-refractivity contribution in [2.75, 3.05) is 12.3 Å². The zero-order chi connectivity index (χ0) is 16.4. The van der Waals surface area contributed by atoms with E-state index in [4.69, 9.17) is 33.7 Å². The molecular weight excluding hydrogens is 333 g/mol. The molecular formula is C17H18Cl2N3O+. The third-order valence-corrected chi connectivity index (χ3v) is 4.33. The first-order valence-corrected chi connectivity index (χ1v) is 8.21. The van der Waals surface area contributed by atoms with Crippen LogP contribution in [0.5, 0.6) is 5.75 Å². The zero-order valence-electron chi connectivity index (χ0n) is 12.8. The monoisotopic (exact) mass is 350 g/mol. The minimum Gasteiger partial charge on any atom is -0.489 e. The molecule has 23 heavy (non-hydrogen) atoms. The van der Waals surface area contributed by atoms with Crippen LogP contribution >= 0.6 is 23.2 Å². The Hall–Kier alpha value is -1.91. The highest BCUT2D eigenvalue weighted by molar-refractivity contribution is 6.35. The number of rotatable bonds is 5. The third-order valence-electron chi connectivity index (χ3n) is 3.80. The lowest BCUT2D eigenvalue weighted by atomic mass is 10.3. The van der Waals surface area contributed by atoms with Crippen LogP contribution in [-0.2, 0) is 13.1 Å². The topological polar surface area (TPSA) is 44.1 Å². The number of nitrogen functional groups attached to an aromatic ring is 1. The van der Waals surface area contributed by atoms with Crippen molar-refractivity contribution in [1.29, 1.82) is 0 Å². The highest BCUT2D eigenvalue weighted by Gasteiger charge is 2.19. The quantitative estimate of drug-likeness (QED) is 0.708. The van der Waals surface area contributed by atoms with Crippen molar-refractivity contribution in [3.8, 4) is 5.75 Å². The summed E-state index contributed by atoms with van der Waals surface area (Å²) in [7, 11) is 0. The molecule has 3 aromatic rings.